The third-order valence-electron chi connectivity index (χ3n) is 10.4. The fourth-order valence-electron chi connectivity index (χ4n) is 6.66. The highest BCUT2D eigenvalue weighted by atomic mass is 32.2. The normalized spacial score (nSPS) is 19.7. The number of fused-ring (bicyclic) bond motifs is 4. The van der Waals surface area contributed by atoms with Crippen molar-refractivity contribution in [3.8, 4) is 17.1 Å². The van der Waals surface area contributed by atoms with Crippen LogP contribution in [0.1, 0.15) is 79.0 Å². The summed E-state index contributed by atoms with van der Waals surface area (Å²) in [5.74, 6) is 0.577. The molecule has 2 saturated carbocycles. The van der Waals surface area contributed by atoms with E-state index >= 15 is 0 Å². The van der Waals surface area contributed by atoms with Crippen LogP contribution in [0.15, 0.2) is 65.8 Å². The number of ether oxygens (including phenoxy) is 1. The smallest absolute Gasteiger partial charge is 0.264 e. The van der Waals surface area contributed by atoms with Crippen molar-refractivity contribution in [1.82, 2.24) is 24.8 Å². The van der Waals surface area contributed by atoms with Crippen LogP contribution in [0.3, 0.4) is 0 Å². The topological polar surface area (TPSA) is 131 Å². The molecule has 2 aliphatic carbocycles. The zero-order valence-electron chi connectivity index (χ0n) is 28.5. The van der Waals surface area contributed by atoms with Crippen LogP contribution in [0.5, 0.6) is 5.88 Å². The van der Waals surface area contributed by atoms with Crippen molar-refractivity contribution in [3.63, 3.8) is 0 Å². The van der Waals surface area contributed by atoms with Crippen molar-refractivity contribution in [2.75, 3.05) is 23.3 Å². The van der Waals surface area contributed by atoms with E-state index in [9.17, 15) is 13.2 Å². The molecule has 12 heteroatoms. The molecule has 2 aromatic carbocycles. The maximum absolute atomic E-state index is 14.5. The lowest BCUT2D eigenvalue weighted by atomic mass is 9.92. The fourth-order valence-corrected chi connectivity index (χ4v) is 7.65. The van der Waals surface area contributed by atoms with Gasteiger partial charge in [-0.3, -0.25) is 9.78 Å². The lowest BCUT2D eigenvalue weighted by Crippen LogP contribution is -2.44. The van der Waals surface area contributed by atoms with Crippen molar-refractivity contribution >= 4 is 27.7 Å². The van der Waals surface area contributed by atoms with Gasteiger partial charge in [-0.2, -0.15) is 4.98 Å². The van der Waals surface area contributed by atoms with Crippen LogP contribution in [-0.2, 0) is 16.6 Å². The molecule has 1 amide bonds. The highest BCUT2D eigenvalue weighted by Gasteiger charge is 2.39. The van der Waals surface area contributed by atoms with Crippen LogP contribution in [0.4, 0.5) is 11.8 Å². The molecule has 49 heavy (non-hydrogen) atoms. The first-order valence-corrected chi connectivity index (χ1v) is 18.5. The molecular weight excluding hydrogens is 639 g/mol. The number of amides is 1. The summed E-state index contributed by atoms with van der Waals surface area (Å²) in [5, 5.41) is 0. The van der Waals surface area contributed by atoms with E-state index in [-0.39, 0.29) is 52.8 Å². The van der Waals surface area contributed by atoms with Crippen LogP contribution < -0.4 is 14.4 Å². The summed E-state index contributed by atoms with van der Waals surface area (Å²) in [4.78, 5) is 37.0. The maximum atomic E-state index is 14.5. The van der Waals surface area contributed by atoms with Gasteiger partial charge >= 0.3 is 0 Å². The Morgan fingerprint density at radius 3 is 2.49 bits per heavy atom. The molecule has 3 aliphatic rings. The summed E-state index contributed by atoms with van der Waals surface area (Å²) in [6, 6.07) is 13.9. The quantitative estimate of drug-likeness (QED) is 0.227. The number of hydrogen-bond acceptors (Lipinski definition) is 9. The van der Waals surface area contributed by atoms with Crippen molar-refractivity contribution < 1.29 is 17.9 Å². The van der Waals surface area contributed by atoms with Gasteiger partial charge in [0.05, 0.1) is 41.3 Å². The summed E-state index contributed by atoms with van der Waals surface area (Å²) in [7, 11) is -2.12. The molecule has 0 spiro atoms. The van der Waals surface area contributed by atoms with Crippen molar-refractivity contribution in [1.29, 1.82) is 0 Å². The van der Waals surface area contributed by atoms with E-state index in [2.05, 4.69) is 31.5 Å². The molecule has 1 aliphatic heterocycles. The van der Waals surface area contributed by atoms with Gasteiger partial charge in [-0.1, -0.05) is 31.2 Å². The van der Waals surface area contributed by atoms with E-state index in [1.165, 1.54) is 18.6 Å². The Morgan fingerprint density at radius 1 is 1.02 bits per heavy atom. The first-order chi connectivity index (χ1) is 23.5. The van der Waals surface area contributed by atoms with Crippen LogP contribution in [0.2, 0.25) is 0 Å². The number of carbonyl (C=O) groups is 1. The van der Waals surface area contributed by atoms with Gasteiger partial charge < -0.3 is 14.5 Å². The number of benzene rings is 2. The molecule has 2 fully saturated rings. The average Bonchev–Trinajstić information content (AvgIpc) is 3.79. The van der Waals surface area contributed by atoms with Gasteiger partial charge in [0.1, 0.15) is 12.4 Å². The predicted molar refractivity (Wildman–Crippen MR) is 188 cm³/mol. The number of rotatable bonds is 8. The van der Waals surface area contributed by atoms with E-state index in [0.29, 0.717) is 23.9 Å². The number of aromatic nitrogens is 4. The molecule has 256 valence electrons. The molecule has 2 aromatic heterocycles. The summed E-state index contributed by atoms with van der Waals surface area (Å²) >= 11 is 0. The molecular formula is C37H43N7O4S. The number of hydrogen-bond donors (Lipinski definition) is 1. The minimum atomic E-state index is -4.16. The Morgan fingerprint density at radius 2 is 1.78 bits per heavy atom. The Hall–Kier alpha value is -4.58. The van der Waals surface area contributed by atoms with Crippen molar-refractivity contribution in [3.05, 3.63) is 83.3 Å². The van der Waals surface area contributed by atoms with E-state index < -0.39 is 10.0 Å². The summed E-state index contributed by atoms with van der Waals surface area (Å²) in [6.07, 6.45) is 10.8. The number of anilines is 2. The molecule has 1 atom stereocenters. The zero-order valence-corrected chi connectivity index (χ0v) is 29.3. The molecule has 0 unspecified atom stereocenters. The minimum Gasteiger partial charge on any atom is -0.475 e. The van der Waals surface area contributed by atoms with Gasteiger partial charge in [0.25, 0.3) is 15.9 Å². The standard InChI is InChI=1S/C37H43N7O4S/c1-24-8-5-9-25(2)34(24)31-19-33-41-36(40-31)42-49(46,47)30-13-6-10-26(18-30)35(45)44(29(23-48-33)14-15-37(3)16-17-37)22-27-20-38-21-32(39-27)43(4)28-11-7-12-28/h5-6,8-10,13,18-21,28-29H,7,11-12,14-17,22-23H2,1-4H3,(H,40,41,42)/t29-/m1/s1. The third-order valence-corrected chi connectivity index (χ3v) is 11.7. The van der Waals surface area contributed by atoms with Crippen molar-refractivity contribution in [2.24, 2.45) is 5.41 Å². The first-order valence-electron chi connectivity index (χ1n) is 17.0. The van der Waals surface area contributed by atoms with E-state index in [0.717, 1.165) is 54.6 Å². The van der Waals surface area contributed by atoms with Crippen LogP contribution >= 0.6 is 0 Å². The molecule has 3 heterocycles. The Bertz CT molecular complexity index is 1970. The highest BCUT2D eigenvalue weighted by Crippen LogP contribution is 2.49. The molecule has 0 saturated heterocycles. The average molecular weight is 682 g/mol. The maximum Gasteiger partial charge on any atom is 0.264 e. The fraction of sp³-hybridized carbons (Fsp3) is 0.432. The molecule has 0 radical (unpaired) electrons. The third kappa shape index (κ3) is 7.10. The van der Waals surface area contributed by atoms with Gasteiger partial charge in [-0.05, 0) is 93.5 Å². The van der Waals surface area contributed by atoms with Crippen LogP contribution in [0, 0.1) is 19.3 Å². The molecule has 11 nitrogen and oxygen atoms in total. The van der Waals surface area contributed by atoms with Crippen molar-refractivity contribution in [2.45, 2.75) is 89.2 Å². The Labute approximate surface area is 288 Å². The largest absolute Gasteiger partial charge is 0.475 e. The predicted octanol–water partition coefficient (Wildman–Crippen LogP) is 6.32. The van der Waals surface area contributed by atoms with Gasteiger partial charge in [-0.15, -0.1) is 0 Å². The summed E-state index contributed by atoms with van der Waals surface area (Å²) in [5.41, 5.74) is 4.53. The van der Waals surface area contributed by atoms with E-state index in [4.69, 9.17) is 9.72 Å². The highest BCUT2D eigenvalue weighted by molar-refractivity contribution is 7.92. The monoisotopic (exact) mass is 681 g/mol. The number of carbonyl (C=O) groups excluding carboxylic acids is 1. The second-order valence-corrected chi connectivity index (χ2v) is 15.8. The first kappa shape index (κ1) is 32.9. The minimum absolute atomic E-state index is 0.0629. The number of nitrogens with one attached hydrogen (secondary N) is 1. The lowest BCUT2D eigenvalue weighted by molar-refractivity contribution is 0.0557. The van der Waals surface area contributed by atoms with E-state index in [1.807, 2.05) is 39.1 Å². The second-order valence-electron chi connectivity index (χ2n) is 14.1. The number of sulfonamides is 1. The summed E-state index contributed by atoms with van der Waals surface area (Å²) < 4.78 is 36.4. The SMILES string of the molecule is Cc1cccc(C)c1-c1cc2nc(n1)NS(=O)(=O)c1cccc(c1)C(=O)N(Cc1cncc(N(C)C3CCC3)n1)[C@H](CCC1(C)CC1)CO2. The molecule has 4 bridgehead atoms. The molecule has 4 aromatic rings. The van der Waals surface area contributed by atoms with Gasteiger partial charge in [0, 0.05) is 30.3 Å². The lowest BCUT2D eigenvalue weighted by Gasteiger charge is -2.36. The van der Waals surface area contributed by atoms with Gasteiger partial charge in [0.2, 0.25) is 11.8 Å². The summed E-state index contributed by atoms with van der Waals surface area (Å²) in [6.45, 7) is 6.58. The van der Waals surface area contributed by atoms with E-state index in [1.54, 1.807) is 35.5 Å². The zero-order chi connectivity index (χ0) is 34.3. The number of nitrogens with zero attached hydrogens (tertiary/aromatic N) is 6. The second kappa shape index (κ2) is 13.0. The van der Waals surface area contributed by atoms with Crippen LogP contribution in [0.25, 0.3) is 11.3 Å². The number of aryl methyl sites for hydroxylation is 2. The Balaban J connectivity index is 1.31. The van der Waals surface area contributed by atoms with Gasteiger partial charge in [-0.25, -0.2) is 23.1 Å². The van der Waals surface area contributed by atoms with Gasteiger partial charge in [0.15, 0.2) is 0 Å². The molecule has 1 N–H and O–H groups in total. The Kier molecular flexibility index (Phi) is 8.76. The van der Waals surface area contributed by atoms with Crippen LogP contribution in [-0.4, -0.2) is 64.9 Å². The molecule has 7 rings (SSSR count).